The summed E-state index contributed by atoms with van der Waals surface area (Å²) >= 11 is 7.17. The molecule has 4 aromatic rings. The number of benzene rings is 3. The van der Waals surface area contributed by atoms with E-state index in [-0.39, 0.29) is 30.0 Å². The van der Waals surface area contributed by atoms with E-state index in [0.29, 0.717) is 21.1 Å². The molecule has 0 radical (unpaired) electrons. The smallest absolute Gasteiger partial charge is 0.293 e. The van der Waals surface area contributed by atoms with Gasteiger partial charge in [0.25, 0.3) is 11.1 Å². The Kier molecular flexibility index (Phi) is 6.69. The minimum Gasteiger partial charge on any atom is -0.342 e. The lowest BCUT2D eigenvalue weighted by atomic mass is 10.1. The molecule has 1 fully saturated rings. The molecule has 0 aliphatic carbocycles. The Labute approximate surface area is 216 Å². The molecule has 1 saturated heterocycles. The number of thioether (sulfide) groups is 1. The molecule has 3 aromatic carbocycles. The summed E-state index contributed by atoms with van der Waals surface area (Å²) in [6, 6.07) is 16.2. The summed E-state index contributed by atoms with van der Waals surface area (Å²) in [5, 5.41) is 0.855. The van der Waals surface area contributed by atoms with Crippen molar-refractivity contribution < 1.29 is 18.4 Å². The average molecular weight is 523 g/mol. The van der Waals surface area contributed by atoms with Crippen LogP contribution in [-0.2, 0) is 24.3 Å². The van der Waals surface area contributed by atoms with Crippen molar-refractivity contribution in [2.75, 3.05) is 0 Å². The second-order valence-electron chi connectivity index (χ2n) is 8.47. The molecule has 0 atom stereocenters. The van der Waals surface area contributed by atoms with Crippen LogP contribution in [0.4, 0.5) is 13.6 Å². The number of halogens is 3. The minimum atomic E-state index is -0.404. The predicted molar refractivity (Wildman–Crippen MR) is 140 cm³/mol. The number of hydrogen-bond donors (Lipinski definition) is 0. The van der Waals surface area contributed by atoms with Gasteiger partial charge in [0.2, 0.25) is 0 Å². The van der Waals surface area contributed by atoms with E-state index in [1.165, 1.54) is 18.2 Å². The maximum Gasteiger partial charge on any atom is 0.293 e. The fourth-order valence-corrected chi connectivity index (χ4v) is 5.45. The third-order valence-corrected chi connectivity index (χ3v) is 7.46. The lowest BCUT2D eigenvalue weighted by molar-refractivity contribution is -0.123. The highest BCUT2D eigenvalue weighted by Crippen LogP contribution is 2.36. The van der Waals surface area contributed by atoms with Gasteiger partial charge in [0.05, 0.1) is 23.5 Å². The monoisotopic (exact) mass is 522 g/mol. The molecule has 4 nitrogen and oxygen atoms in total. The van der Waals surface area contributed by atoms with Crippen LogP contribution in [0.2, 0.25) is 5.02 Å². The first-order valence-corrected chi connectivity index (χ1v) is 12.6. The zero-order chi connectivity index (χ0) is 25.4. The molecule has 36 heavy (non-hydrogen) atoms. The van der Waals surface area contributed by atoms with E-state index in [9.17, 15) is 18.4 Å². The summed E-state index contributed by atoms with van der Waals surface area (Å²) in [4.78, 5) is 27.2. The van der Waals surface area contributed by atoms with Crippen molar-refractivity contribution in [2.45, 2.75) is 26.4 Å². The number of para-hydroxylation sites is 1. The van der Waals surface area contributed by atoms with E-state index in [1.54, 1.807) is 30.3 Å². The molecule has 8 heteroatoms. The zero-order valence-electron chi connectivity index (χ0n) is 19.3. The van der Waals surface area contributed by atoms with Crippen LogP contribution < -0.4 is 0 Å². The van der Waals surface area contributed by atoms with E-state index in [2.05, 4.69) is 0 Å². The first-order chi connectivity index (χ1) is 17.4. The molecule has 1 aliphatic heterocycles. The van der Waals surface area contributed by atoms with Crippen LogP contribution in [0.3, 0.4) is 0 Å². The molecule has 1 aliphatic rings. The second-order valence-corrected chi connectivity index (χ2v) is 9.87. The fraction of sp³-hybridized carbons (Fsp3) is 0.143. The summed E-state index contributed by atoms with van der Waals surface area (Å²) in [5.41, 5.74) is 3.79. The van der Waals surface area contributed by atoms with E-state index in [4.69, 9.17) is 11.6 Å². The van der Waals surface area contributed by atoms with E-state index in [1.807, 2.05) is 35.9 Å². The lowest BCUT2D eigenvalue weighted by Gasteiger charge is -2.12. The van der Waals surface area contributed by atoms with Crippen molar-refractivity contribution in [1.29, 1.82) is 0 Å². The fourth-order valence-electron chi connectivity index (χ4n) is 4.39. The van der Waals surface area contributed by atoms with Crippen LogP contribution in [0, 0.1) is 11.6 Å². The summed E-state index contributed by atoms with van der Waals surface area (Å²) in [6.07, 6.45) is 4.33. The molecular formula is C28H21ClF2N2O2S. The Balaban J connectivity index is 1.53. The van der Waals surface area contributed by atoms with Gasteiger partial charge in [-0.05, 0) is 59.7 Å². The standard InChI is InChI=1S/C28H21ClF2N2O2S/c1-2-18-5-3-6-21-19(15-32(26(18)21)16-22-23(29)7-4-8-24(22)31)13-25-27(34)33(28(35)36-25)14-17-9-11-20(30)12-10-17/h3-13,15H,2,14,16H2,1H3/b25-13-. The van der Waals surface area contributed by atoms with Gasteiger partial charge in [-0.2, -0.15) is 0 Å². The number of amides is 2. The number of carbonyl (C=O) groups is 2. The average Bonchev–Trinajstić information content (AvgIpc) is 3.34. The van der Waals surface area contributed by atoms with Crippen LogP contribution in [-0.4, -0.2) is 20.6 Å². The van der Waals surface area contributed by atoms with Gasteiger partial charge in [-0.1, -0.05) is 54.9 Å². The largest absolute Gasteiger partial charge is 0.342 e. The number of aromatic nitrogens is 1. The van der Waals surface area contributed by atoms with Crippen molar-refractivity contribution >= 4 is 51.5 Å². The van der Waals surface area contributed by atoms with Crippen molar-refractivity contribution in [2.24, 2.45) is 0 Å². The predicted octanol–water partition coefficient (Wildman–Crippen LogP) is 7.42. The maximum atomic E-state index is 14.6. The van der Waals surface area contributed by atoms with Crippen LogP contribution in [0.5, 0.6) is 0 Å². The number of nitrogens with zero attached hydrogens (tertiary/aromatic N) is 2. The zero-order valence-corrected chi connectivity index (χ0v) is 20.9. The number of carbonyl (C=O) groups excluding carboxylic acids is 2. The Hall–Kier alpha value is -3.42. The number of imide groups is 1. The Bertz CT molecular complexity index is 1510. The number of fused-ring (bicyclic) bond motifs is 1. The van der Waals surface area contributed by atoms with Crippen molar-refractivity contribution in [1.82, 2.24) is 9.47 Å². The normalized spacial score (nSPS) is 15.0. The highest BCUT2D eigenvalue weighted by atomic mass is 35.5. The van der Waals surface area contributed by atoms with E-state index in [0.717, 1.165) is 45.1 Å². The van der Waals surface area contributed by atoms with Gasteiger partial charge >= 0.3 is 0 Å². The molecule has 1 aromatic heterocycles. The van der Waals surface area contributed by atoms with Gasteiger partial charge in [0, 0.05) is 27.7 Å². The SMILES string of the molecule is CCc1cccc2c(/C=C3\SC(=O)N(Cc4ccc(F)cc4)C3=O)cn(Cc3c(F)cccc3Cl)c12. The van der Waals surface area contributed by atoms with Crippen LogP contribution in [0.1, 0.15) is 29.2 Å². The lowest BCUT2D eigenvalue weighted by Crippen LogP contribution is -2.27. The molecule has 0 unspecified atom stereocenters. The molecule has 182 valence electrons. The molecule has 2 amide bonds. The third kappa shape index (κ3) is 4.56. The summed E-state index contributed by atoms with van der Waals surface area (Å²) in [5.74, 6) is -1.17. The molecule has 5 rings (SSSR count). The van der Waals surface area contributed by atoms with Crippen LogP contribution in [0.25, 0.3) is 17.0 Å². The summed E-state index contributed by atoms with van der Waals surface area (Å²) in [6.45, 7) is 2.33. The molecule has 0 bridgehead atoms. The highest BCUT2D eigenvalue weighted by molar-refractivity contribution is 8.18. The maximum absolute atomic E-state index is 14.6. The van der Waals surface area contributed by atoms with Crippen molar-refractivity contribution in [3.05, 3.63) is 111 Å². The van der Waals surface area contributed by atoms with Gasteiger partial charge < -0.3 is 4.57 Å². The minimum absolute atomic E-state index is 0.0653. The molecule has 0 N–H and O–H groups in total. The van der Waals surface area contributed by atoms with E-state index < -0.39 is 5.91 Å². The topological polar surface area (TPSA) is 42.3 Å². The molecule has 2 heterocycles. The van der Waals surface area contributed by atoms with Gasteiger partial charge in [0.1, 0.15) is 11.6 Å². The van der Waals surface area contributed by atoms with E-state index >= 15 is 0 Å². The first-order valence-electron chi connectivity index (χ1n) is 11.4. The van der Waals surface area contributed by atoms with Gasteiger partial charge in [-0.3, -0.25) is 14.5 Å². The second kappa shape index (κ2) is 9.91. The number of hydrogen-bond acceptors (Lipinski definition) is 3. The number of rotatable bonds is 6. The van der Waals surface area contributed by atoms with Gasteiger partial charge in [0.15, 0.2) is 0 Å². The summed E-state index contributed by atoms with van der Waals surface area (Å²) < 4.78 is 29.7. The summed E-state index contributed by atoms with van der Waals surface area (Å²) in [7, 11) is 0. The third-order valence-electron chi connectivity index (χ3n) is 6.20. The first kappa shape index (κ1) is 24.3. The van der Waals surface area contributed by atoms with Crippen LogP contribution in [0.15, 0.2) is 71.8 Å². The molecular weight excluding hydrogens is 502 g/mol. The van der Waals surface area contributed by atoms with Gasteiger partial charge in [-0.15, -0.1) is 0 Å². The quantitative estimate of drug-likeness (QED) is 0.247. The van der Waals surface area contributed by atoms with Crippen LogP contribution >= 0.6 is 23.4 Å². The Morgan fingerprint density at radius 3 is 2.44 bits per heavy atom. The van der Waals surface area contributed by atoms with Crippen molar-refractivity contribution in [3.8, 4) is 0 Å². The number of aryl methyl sites for hydroxylation is 1. The molecule has 0 spiro atoms. The highest BCUT2D eigenvalue weighted by Gasteiger charge is 2.35. The van der Waals surface area contributed by atoms with Gasteiger partial charge in [-0.25, -0.2) is 8.78 Å². The van der Waals surface area contributed by atoms with Crippen molar-refractivity contribution in [3.63, 3.8) is 0 Å². The molecule has 0 saturated carbocycles. The Morgan fingerprint density at radius 1 is 0.972 bits per heavy atom. The Morgan fingerprint density at radius 2 is 1.72 bits per heavy atom.